The molecule has 6 amide bonds. The minimum atomic E-state index is -1.79. The van der Waals surface area contributed by atoms with Crippen LogP contribution in [0.15, 0.2) is 24.3 Å². The van der Waals surface area contributed by atoms with Crippen molar-refractivity contribution in [1.29, 1.82) is 0 Å². The standard InChI is InChI=1S/C43H66N6O13/c1-8-9-10-11-16-28(24-50)44-39(59)30(21-25(2)3)48-42(62)37(43(5,6)7)49-41(61)31(22-27-15-13-12-14-26(27)4)47-38(58)29(17-19-34(52)53)46-40(60)32(23-36(56)57)45-33(51)18-20-35(54)55/h12-15,24-25,28-32,37H,8-11,16-23H2,1-7H3,(H,44,59)(H,45,51)(H,46,60)(H,47,58)(H,48,62)(H,49,61)(H,52,53)(H,54,55)(H,56,57)/t28?,29-,30-,31-,32-,37+/m0/s1. The summed E-state index contributed by atoms with van der Waals surface area (Å²) in [4.78, 5) is 127. The van der Waals surface area contributed by atoms with Crippen LogP contribution >= 0.6 is 0 Å². The highest BCUT2D eigenvalue weighted by Gasteiger charge is 2.38. The third kappa shape index (κ3) is 21.1. The summed E-state index contributed by atoms with van der Waals surface area (Å²) in [5.74, 6) is -9.62. The Labute approximate surface area is 362 Å². The predicted molar refractivity (Wildman–Crippen MR) is 226 cm³/mol. The smallest absolute Gasteiger partial charge is 0.305 e. The summed E-state index contributed by atoms with van der Waals surface area (Å²) in [5.41, 5.74) is 0.360. The van der Waals surface area contributed by atoms with E-state index < -0.39 is 127 Å². The van der Waals surface area contributed by atoms with Crippen LogP contribution in [-0.4, -0.2) is 111 Å². The second-order valence-electron chi connectivity index (χ2n) is 16.9. The number of aldehydes is 1. The molecule has 19 heteroatoms. The number of hydrogen-bond acceptors (Lipinski definition) is 10. The normalized spacial score (nSPS) is 14.1. The average molecular weight is 875 g/mol. The Kier molecular flexibility index (Phi) is 23.7. The Bertz CT molecular complexity index is 1730. The Morgan fingerprint density at radius 2 is 1.19 bits per heavy atom. The van der Waals surface area contributed by atoms with Crippen LogP contribution in [0.2, 0.25) is 0 Å². The van der Waals surface area contributed by atoms with Gasteiger partial charge in [-0.25, -0.2) is 0 Å². The molecule has 0 fully saturated rings. The maximum absolute atomic E-state index is 14.3. The van der Waals surface area contributed by atoms with E-state index in [2.05, 4.69) is 38.8 Å². The first kappa shape index (κ1) is 54.1. The zero-order valence-corrected chi connectivity index (χ0v) is 36.8. The number of aliphatic carboxylic acids is 3. The summed E-state index contributed by atoms with van der Waals surface area (Å²) in [6.07, 6.45) is 1.38. The minimum absolute atomic E-state index is 0.0659. The van der Waals surface area contributed by atoms with E-state index in [1.54, 1.807) is 52.0 Å². The SMILES string of the molecule is CCCCCCC(C=O)NC(=O)[C@H](CC(C)C)NC(=O)[C@@H](NC(=O)[C@H](Cc1ccccc1C)NC(=O)[C@H](CCC(=O)O)NC(=O)[C@H](CC(=O)O)NC(=O)CCC(=O)O)C(C)(C)C. The van der Waals surface area contributed by atoms with Crippen molar-refractivity contribution in [3.8, 4) is 0 Å². The third-order valence-electron chi connectivity index (χ3n) is 9.81. The number of rotatable bonds is 29. The molecule has 0 bridgehead atoms. The van der Waals surface area contributed by atoms with Crippen LogP contribution < -0.4 is 31.9 Å². The van der Waals surface area contributed by atoms with Crippen molar-refractivity contribution in [2.24, 2.45) is 11.3 Å². The summed E-state index contributed by atoms with van der Waals surface area (Å²) in [5, 5.41) is 42.9. The van der Waals surface area contributed by atoms with Crippen molar-refractivity contribution in [3.63, 3.8) is 0 Å². The number of carboxylic acids is 3. The van der Waals surface area contributed by atoms with E-state index in [1.807, 2.05) is 13.8 Å². The molecule has 0 saturated heterocycles. The van der Waals surface area contributed by atoms with Gasteiger partial charge in [-0.05, 0) is 48.6 Å². The molecule has 19 nitrogen and oxygen atoms in total. The molecule has 346 valence electrons. The number of unbranched alkanes of at least 4 members (excludes halogenated alkanes) is 3. The van der Waals surface area contributed by atoms with E-state index in [0.717, 1.165) is 31.2 Å². The molecule has 0 spiro atoms. The fourth-order valence-corrected chi connectivity index (χ4v) is 6.35. The van der Waals surface area contributed by atoms with E-state index in [-0.39, 0.29) is 18.8 Å². The van der Waals surface area contributed by atoms with Gasteiger partial charge in [0.15, 0.2) is 0 Å². The number of amides is 6. The first-order chi connectivity index (χ1) is 29.0. The van der Waals surface area contributed by atoms with Gasteiger partial charge in [-0.15, -0.1) is 0 Å². The van der Waals surface area contributed by atoms with Crippen molar-refractivity contribution in [3.05, 3.63) is 35.4 Å². The molecular formula is C43H66N6O13. The molecule has 0 heterocycles. The van der Waals surface area contributed by atoms with Crippen molar-refractivity contribution >= 4 is 59.6 Å². The van der Waals surface area contributed by atoms with Gasteiger partial charge in [0.2, 0.25) is 35.4 Å². The molecule has 0 aliphatic rings. The van der Waals surface area contributed by atoms with Gasteiger partial charge in [0, 0.05) is 19.3 Å². The zero-order valence-electron chi connectivity index (χ0n) is 36.8. The lowest BCUT2D eigenvalue weighted by Crippen LogP contribution is -2.62. The second kappa shape index (κ2) is 27.1. The summed E-state index contributed by atoms with van der Waals surface area (Å²) in [6.45, 7) is 12.6. The molecule has 0 saturated carbocycles. The molecule has 0 radical (unpaired) electrons. The topological polar surface area (TPSA) is 304 Å². The van der Waals surface area contributed by atoms with Gasteiger partial charge in [-0.3, -0.25) is 43.2 Å². The second-order valence-corrected chi connectivity index (χ2v) is 16.9. The Morgan fingerprint density at radius 3 is 1.74 bits per heavy atom. The fourth-order valence-electron chi connectivity index (χ4n) is 6.35. The lowest BCUT2D eigenvalue weighted by molar-refractivity contribution is -0.142. The van der Waals surface area contributed by atoms with Gasteiger partial charge in [-0.2, -0.15) is 0 Å². The molecule has 0 aromatic heterocycles. The number of nitrogens with one attached hydrogen (secondary N) is 6. The van der Waals surface area contributed by atoms with Crippen LogP contribution in [0, 0.1) is 18.3 Å². The molecule has 0 aliphatic carbocycles. The zero-order chi connectivity index (χ0) is 47.2. The number of aryl methyl sites for hydroxylation is 1. The van der Waals surface area contributed by atoms with Crippen LogP contribution in [0.25, 0.3) is 0 Å². The van der Waals surface area contributed by atoms with E-state index in [0.29, 0.717) is 18.3 Å². The average Bonchev–Trinajstić information content (AvgIpc) is 3.17. The van der Waals surface area contributed by atoms with Gasteiger partial charge in [0.25, 0.3) is 0 Å². The minimum Gasteiger partial charge on any atom is -0.481 e. The molecule has 1 aromatic rings. The highest BCUT2D eigenvalue weighted by molar-refractivity contribution is 5.97. The predicted octanol–water partition coefficient (Wildman–Crippen LogP) is 1.91. The largest absolute Gasteiger partial charge is 0.481 e. The van der Waals surface area contributed by atoms with Gasteiger partial charge < -0.3 is 52.0 Å². The van der Waals surface area contributed by atoms with Gasteiger partial charge in [-0.1, -0.05) is 91.5 Å². The molecule has 1 aromatic carbocycles. The van der Waals surface area contributed by atoms with Crippen molar-refractivity contribution in [2.75, 3.05) is 0 Å². The maximum Gasteiger partial charge on any atom is 0.305 e. The van der Waals surface area contributed by atoms with E-state index in [9.17, 15) is 58.2 Å². The quantitative estimate of drug-likeness (QED) is 0.0411. The Hall–Kier alpha value is -5.88. The summed E-state index contributed by atoms with van der Waals surface area (Å²) in [7, 11) is 0. The molecule has 62 heavy (non-hydrogen) atoms. The fraction of sp³-hybridized carbons (Fsp3) is 0.628. The van der Waals surface area contributed by atoms with Crippen molar-refractivity contribution in [1.82, 2.24) is 31.9 Å². The number of carbonyl (C=O) groups is 10. The van der Waals surface area contributed by atoms with Crippen LogP contribution in [0.3, 0.4) is 0 Å². The van der Waals surface area contributed by atoms with Crippen LogP contribution in [0.4, 0.5) is 0 Å². The molecule has 0 aliphatic heterocycles. The van der Waals surface area contributed by atoms with E-state index in [4.69, 9.17) is 5.11 Å². The van der Waals surface area contributed by atoms with Crippen molar-refractivity contribution < 1.29 is 63.3 Å². The lowest BCUT2D eigenvalue weighted by atomic mass is 9.85. The van der Waals surface area contributed by atoms with Crippen LogP contribution in [-0.2, 0) is 54.4 Å². The van der Waals surface area contributed by atoms with E-state index in [1.165, 1.54) is 0 Å². The lowest BCUT2D eigenvalue weighted by Gasteiger charge is -2.34. The van der Waals surface area contributed by atoms with Crippen molar-refractivity contribution in [2.45, 2.75) is 162 Å². The highest BCUT2D eigenvalue weighted by Crippen LogP contribution is 2.21. The Balaban J connectivity index is 3.52. The monoisotopic (exact) mass is 874 g/mol. The number of benzene rings is 1. The van der Waals surface area contributed by atoms with Crippen LogP contribution in [0.5, 0.6) is 0 Å². The first-order valence-corrected chi connectivity index (χ1v) is 20.9. The molecular weight excluding hydrogens is 809 g/mol. The molecule has 1 unspecified atom stereocenters. The molecule has 6 atom stereocenters. The molecule has 1 rings (SSSR count). The number of carboxylic acid groups (broad SMARTS) is 3. The third-order valence-corrected chi connectivity index (χ3v) is 9.81. The number of hydrogen-bond donors (Lipinski definition) is 9. The molecule has 9 N–H and O–H groups in total. The summed E-state index contributed by atoms with van der Waals surface area (Å²) < 4.78 is 0. The summed E-state index contributed by atoms with van der Waals surface area (Å²) >= 11 is 0. The number of carbonyl (C=O) groups excluding carboxylic acids is 7. The van der Waals surface area contributed by atoms with Crippen LogP contribution in [0.1, 0.15) is 123 Å². The Morgan fingerprint density at radius 1 is 0.629 bits per heavy atom. The first-order valence-electron chi connectivity index (χ1n) is 20.9. The van der Waals surface area contributed by atoms with Gasteiger partial charge in [0.1, 0.15) is 36.5 Å². The maximum atomic E-state index is 14.3. The highest BCUT2D eigenvalue weighted by atomic mass is 16.4. The summed E-state index contributed by atoms with van der Waals surface area (Å²) in [6, 6.07) is -1.13. The van der Waals surface area contributed by atoms with Gasteiger partial charge in [0.05, 0.1) is 18.9 Å². The van der Waals surface area contributed by atoms with Gasteiger partial charge >= 0.3 is 17.9 Å². The van der Waals surface area contributed by atoms with E-state index >= 15 is 0 Å².